The summed E-state index contributed by atoms with van der Waals surface area (Å²) < 4.78 is 13.1. The zero-order valence-electron chi connectivity index (χ0n) is 15.7. The molecule has 1 fully saturated rings. The third-order valence-corrected chi connectivity index (χ3v) is 4.64. The van der Waals surface area contributed by atoms with E-state index in [1.54, 1.807) is 12.0 Å². The number of likely N-dealkylation sites (tertiary alicyclic amines) is 1. The van der Waals surface area contributed by atoms with Gasteiger partial charge in [0.1, 0.15) is 5.60 Å². The largest absolute Gasteiger partial charge is 0.481 e. The van der Waals surface area contributed by atoms with Gasteiger partial charge in [0.25, 0.3) is 0 Å². The average Bonchev–Trinajstić information content (AvgIpc) is 2.92. The van der Waals surface area contributed by atoms with Gasteiger partial charge in [-0.3, -0.25) is 0 Å². The minimum atomic E-state index is -0.460. The van der Waals surface area contributed by atoms with E-state index in [2.05, 4.69) is 15.6 Å². The van der Waals surface area contributed by atoms with Crippen LogP contribution < -0.4 is 4.74 Å². The van der Waals surface area contributed by atoms with Crippen molar-refractivity contribution in [2.24, 2.45) is 7.05 Å². The number of pyridine rings is 1. The van der Waals surface area contributed by atoms with Crippen LogP contribution in [0.2, 0.25) is 0 Å². The molecule has 1 saturated heterocycles. The van der Waals surface area contributed by atoms with Gasteiger partial charge < -0.3 is 18.9 Å². The Labute approximate surface area is 148 Å². The van der Waals surface area contributed by atoms with Crippen LogP contribution in [-0.2, 0) is 11.8 Å². The van der Waals surface area contributed by atoms with Gasteiger partial charge in [-0.2, -0.15) is 0 Å². The predicted molar refractivity (Wildman–Crippen MR) is 97.0 cm³/mol. The van der Waals surface area contributed by atoms with Crippen molar-refractivity contribution in [2.45, 2.75) is 45.1 Å². The summed E-state index contributed by atoms with van der Waals surface area (Å²) in [7, 11) is 3.68. The molecule has 0 bridgehead atoms. The summed E-state index contributed by atoms with van der Waals surface area (Å²) in [6, 6.07) is 4.17. The molecule has 0 aliphatic carbocycles. The average molecular weight is 345 g/mol. The second-order valence-electron chi connectivity index (χ2n) is 7.66. The Hall–Kier alpha value is -2.24. The van der Waals surface area contributed by atoms with E-state index in [-0.39, 0.29) is 6.09 Å². The van der Waals surface area contributed by atoms with Crippen LogP contribution in [-0.4, -0.2) is 46.3 Å². The molecule has 0 saturated carbocycles. The van der Waals surface area contributed by atoms with E-state index in [1.807, 2.05) is 40.1 Å². The fourth-order valence-corrected chi connectivity index (χ4v) is 3.34. The molecule has 0 atom stereocenters. The van der Waals surface area contributed by atoms with Gasteiger partial charge in [0.15, 0.2) is 0 Å². The molecule has 0 aromatic carbocycles. The zero-order chi connectivity index (χ0) is 18.2. The number of aromatic nitrogens is 2. The molecular weight excluding hydrogens is 318 g/mol. The Morgan fingerprint density at radius 3 is 2.56 bits per heavy atom. The van der Waals surface area contributed by atoms with Crippen molar-refractivity contribution in [1.29, 1.82) is 0 Å². The number of carbonyl (C=O) groups is 1. The number of piperidine rings is 1. The summed E-state index contributed by atoms with van der Waals surface area (Å²) in [5.41, 5.74) is 2.71. The van der Waals surface area contributed by atoms with Gasteiger partial charge in [-0.1, -0.05) is 0 Å². The Morgan fingerprint density at radius 2 is 1.96 bits per heavy atom. The SMILES string of the molecule is COc1nc2ccn(C)c2cc1C1CCN(C(=O)OC(C)(C)C)CC1. The number of rotatable bonds is 2. The molecule has 6 heteroatoms. The smallest absolute Gasteiger partial charge is 0.410 e. The summed E-state index contributed by atoms with van der Waals surface area (Å²) in [6.07, 6.45) is 3.54. The van der Waals surface area contributed by atoms with E-state index in [0.29, 0.717) is 24.9 Å². The summed E-state index contributed by atoms with van der Waals surface area (Å²) in [6.45, 7) is 7.05. The van der Waals surface area contributed by atoms with E-state index >= 15 is 0 Å². The normalized spacial score (nSPS) is 16.3. The lowest BCUT2D eigenvalue weighted by molar-refractivity contribution is 0.0204. The van der Waals surface area contributed by atoms with Crippen molar-refractivity contribution >= 4 is 17.1 Å². The molecule has 0 unspecified atom stereocenters. The fraction of sp³-hybridized carbons (Fsp3) is 0.579. The lowest BCUT2D eigenvalue weighted by Crippen LogP contribution is -2.41. The summed E-state index contributed by atoms with van der Waals surface area (Å²) >= 11 is 0. The third kappa shape index (κ3) is 3.72. The molecule has 1 aliphatic rings. The first-order valence-corrected chi connectivity index (χ1v) is 8.76. The molecule has 2 aromatic heterocycles. The zero-order valence-corrected chi connectivity index (χ0v) is 15.7. The highest BCUT2D eigenvalue weighted by molar-refractivity contribution is 5.77. The van der Waals surface area contributed by atoms with Crippen LogP contribution in [0.3, 0.4) is 0 Å². The Morgan fingerprint density at radius 1 is 1.28 bits per heavy atom. The van der Waals surface area contributed by atoms with Crippen LogP contribution in [0.5, 0.6) is 5.88 Å². The maximum absolute atomic E-state index is 12.2. The van der Waals surface area contributed by atoms with E-state index in [1.165, 1.54) is 0 Å². The van der Waals surface area contributed by atoms with Crippen LogP contribution in [0.15, 0.2) is 18.3 Å². The second kappa shape index (κ2) is 6.58. The van der Waals surface area contributed by atoms with Crippen LogP contribution in [0.25, 0.3) is 11.0 Å². The Bertz CT molecular complexity index is 768. The van der Waals surface area contributed by atoms with Gasteiger partial charge >= 0.3 is 6.09 Å². The van der Waals surface area contributed by atoms with Gasteiger partial charge in [-0.15, -0.1) is 0 Å². The predicted octanol–water partition coefficient (Wildman–Crippen LogP) is 3.70. The monoisotopic (exact) mass is 345 g/mol. The topological polar surface area (TPSA) is 56.6 Å². The molecule has 1 aliphatic heterocycles. The summed E-state index contributed by atoms with van der Waals surface area (Å²) in [5.74, 6) is 1.02. The molecule has 3 heterocycles. The number of hydrogen-bond donors (Lipinski definition) is 0. The summed E-state index contributed by atoms with van der Waals surface area (Å²) in [4.78, 5) is 18.7. The Kier molecular flexibility index (Phi) is 4.62. The molecular formula is C19H27N3O3. The quantitative estimate of drug-likeness (QED) is 0.833. The molecule has 0 N–H and O–H groups in total. The minimum Gasteiger partial charge on any atom is -0.481 e. The Balaban J connectivity index is 1.75. The number of ether oxygens (including phenoxy) is 2. The first-order valence-electron chi connectivity index (χ1n) is 8.76. The minimum absolute atomic E-state index is 0.228. The highest BCUT2D eigenvalue weighted by atomic mass is 16.6. The van der Waals surface area contributed by atoms with Crippen LogP contribution in [0.4, 0.5) is 4.79 Å². The van der Waals surface area contributed by atoms with Crippen molar-refractivity contribution < 1.29 is 14.3 Å². The number of aryl methyl sites for hydroxylation is 1. The number of nitrogens with zero attached hydrogens (tertiary/aromatic N) is 3. The number of methoxy groups -OCH3 is 1. The number of amides is 1. The van der Waals surface area contributed by atoms with Gasteiger partial charge in [-0.05, 0) is 51.7 Å². The molecule has 3 rings (SSSR count). The first kappa shape index (κ1) is 17.6. The molecule has 6 nitrogen and oxygen atoms in total. The van der Waals surface area contributed by atoms with Gasteiger partial charge in [-0.25, -0.2) is 9.78 Å². The number of carbonyl (C=O) groups excluding carboxylic acids is 1. The molecule has 0 radical (unpaired) electrons. The van der Waals surface area contributed by atoms with E-state index in [4.69, 9.17) is 9.47 Å². The van der Waals surface area contributed by atoms with Crippen molar-refractivity contribution in [3.05, 3.63) is 23.9 Å². The third-order valence-electron chi connectivity index (χ3n) is 4.64. The molecule has 136 valence electrons. The van der Waals surface area contributed by atoms with Crippen LogP contribution in [0, 0.1) is 0 Å². The van der Waals surface area contributed by atoms with Crippen molar-refractivity contribution in [2.75, 3.05) is 20.2 Å². The first-order chi connectivity index (χ1) is 11.8. The van der Waals surface area contributed by atoms with E-state index < -0.39 is 5.60 Å². The molecule has 1 amide bonds. The standard InChI is InChI=1S/C19H27N3O3/c1-19(2,3)25-18(23)22-10-6-13(7-11-22)14-12-16-15(8-9-21(16)4)20-17(14)24-5/h8-9,12-13H,6-7,10-11H2,1-5H3. The lowest BCUT2D eigenvalue weighted by atomic mass is 9.90. The van der Waals surface area contributed by atoms with Crippen LogP contribution in [0.1, 0.15) is 45.1 Å². The highest BCUT2D eigenvalue weighted by Crippen LogP contribution is 2.35. The van der Waals surface area contributed by atoms with Gasteiger partial charge in [0, 0.05) is 31.9 Å². The van der Waals surface area contributed by atoms with Crippen molar-refractivity contribution in [1.82, 2.24) is 14.5 Å². The highest BCUT2D eigenvalue weighted by Gasteiger charge is 2.29. The molecule has 2 aromatic rings. The van der Waals surface area contributed by atoms with E-state index in [9.17, 15) is 4.79 Å². The van der Waals surface area contributed by atoms with Crippen LogP contribution >= 0.6 is 0 Å². The van der Waals surface area contributed by atoms with Crippen molar-refractivity contribution in [3.63, 3.8) is 0 Å². The fourth-order valence-electron chi connectivity index (χ4n) is 3.34. The number of hydrogen-bond acceptors (Lipinski definition) is 4. The maximum atomic E-state index is 12.2. The van der Waals surface area contributed by atoms with Crippen molar-refractivity contribution in [3.8, 4) is 5.88 Å². The molecule has 0 spiro atoms. The second-order valence-corrected chi connectivity index (χ2v) is 7.66. The van der Waals surface area contributed by atoms with Gasteiger partial charge in [0.2, 0.25) is 5.88 Å². The summed E-state index contributed by atoms with van der Waals surface area (Å²) in [5, 5.41) is 0. The van der Waals surface area contributed by atoms with Gasteiger partial charge in [0.05, 0.1) is 18.1 Å². The lowest BCUT2D eigenvalue weighted by Gasteiger charge is -2.33. The van der Waals surface area contributed by atoms with E-state index in [0.717, 1.165) is 29.4 Å². The maximum Gasteiger partial charge on any atom is 0.410 e. The number of fused-ring (bicyclic) bond motifs is 1. The molecule has 25 heavy (non-hydrogen) atoms.